The van der Waals surface area contributed by atoms with Crippen LogP contribution < -0.4 is 10.6 Å². The van der Waals surface area contributed by atoms with Gasteiger partial charge < -0.3 is 10.6 Å². The van der Waals surface area contributed by atoms with Crippen molar-refractivity contribution in [1.82, 2.24) is 10.6 Å². The molecule has 5 nitrogen and oxygen atoms in total. The number of carbonyl (C=O) groups excluding carboxylic acids is 1. The number of hydrogen-bond acceptors (Lipinski definition) is 4. The van der Waals surface area contributed by atoms with E-state index in [1.807, 2.05) is 30.3 Å². The Morgan fingerprint density at radius 1 is 1.04 bits per heavy atom. The maximum absolute atomic E-state index is 12.7. The highest BCUT2D eigenvalue weighted by atomic mass is 32.2. The zero-order valence-corrected chi connectivity index (χ0v) is 16.4. The van der Waals surface area contributed by atoms with E-state index < -0.39 is 14.6 Å². The van der Waals surface area contributed by atoms with Gasteiger partial charge in [-0.3, -0.25) is 4.79 Å². The van der Waals surface area contributed by atoms with Gasteiger partial charge in [-0.2, -0.15) is 0 Å². The third-order valence-electron chi connectivity index (χ3n) is 5.27. The number of amides is 1. The van der Waals surface area contributed by atoms with Crippen molar-refractivity contribution in [1.29, 1.82) is 0 Å². The van der Waals surface area contributed by atoms with E-state index >= 15 is 0 Å². The van der Waals surface area contributed by atoms with E-state index in [0.717, 1.165) is 16.7 Å². The summed E-state index contributed by atoms with van der Waals surface area (Å²) in [5.41, 5.74) is 3.38. The molecule has 0 spiro atoms. The van der Waals surface area contributed by atoms with Crippen molar-refractivity contribution < 1.29 is 13.2 Å². The zero-order chi connectivity index (χ0) is 19.3. The minimum atomic E-state index is -3.48. The summed E-state index contributed by atoms with van der Waals surface area (Å²) in [5.74, 6) is -0.370. The summed E-state index contributed by atoms with van der Waals surface area (Å²) in [6.45, 7) is 1.50. The van der Waals surface area contributed by atoms with Crippen LogP contribution >= 0.6 is 0 Å². The Morgan fingerprint density at radius 3 is 2.37 bits per heavy atom. The van der Waals surface area contributed by atoms with Gasteiger partial charge in [-0.1, -0.05) is 54.6 Å². The molecule has 0 atom stereocenters. The Kier molecular flexibility index (Phi) is 5.97. The topological polar surface area (TPSA) is 75.3 Å². The smallest absolute Gasteiger partial charge is 0.241 e. The Hall–Kier alpha value is -2.18. The van der Waals surface area contributed by atoms with Crippen LogP contribution in [0, 0.1) is 0 Å². The van der Waals surface area contributed by atoms with Gasteiger partial charge in [0.25, 0.3) is 0 Å². The van der Waals surface area contributed by atoms with E-state index in [1.165, 1.54) is 6.26 Å². The van der Waals surface area contributed by atoms with Crippen LogP contribution in [0.2, 0.25) is 0 Å². The van der Waals surface area contributed by atoms with Crippen molar-refractivity contribution in [3.63, 3.8) is 0 Å². The first-order chi connectivity index (χ1) is 12.9. The van der Waals surface area contributed by atoms with E-state index in [1.54, 1.807) is 0 Å². The molecule has 1 heterocycles. The highest BCUT2D eigenvalue weighted by Crippen LogP contribution is 2.28. The normalized spacial score (nSPS) is 16.6. The van der Waals surface area contributed by atoms with E-state index in [9.17, 15) is 13.2 Å². The summed E-state index contributed by atoms with van der Waals surface area (Å²) in [6.07, 6.45) is 2.47. The van der Waals surface area contributed by atoms with Crippen LogP contribution in [-0.2, 0) is 21.1 Å². The van der Waals surface area contributed by atoms with Crippen LogP contribution in [0.15, 0.2) is 54.6 Å². The van der Waals surface area contributed by atoms with E-state index in [0.29, 0.717) is 38.9 Å². The van der Waals surface area contributed by atoms with Crippen LogP contribution in [0.25, 0.3) is 11.1 Å². The molecular formula is C21H26N2O3S. The number of benzene rings is 2. The second-order valence-electron chi connectivity index (χ2n) is 7.09. The summed E-state index contributed by atoms with van der Waals surface area (Å²) >= 11 is 0. The molecule has 0 aliphatic carbocycles. The molecule has 27 heavy (non-hydrogen) atoms. The molecule has 0 bridgehead atoms. The molecule has 1 fully saturated rings. The predicted molar refractivity (Wildman–Crippen MR) is 108 cm³/mol. The lowest BCUT2D eigenvalue weighted by atomic mass is 9.95. The van der Waals surface area contributed by atoms with Crippen molar-refractivity contribution in [2.75, 3.05) is 25.9 Å². The first-order valence-corrected chi connectivity index (χ1v) is 11.1. The number of sulfone groups is 1. The molecule has 0 saturated carbocycles. The van der Waals surface area contributed by atoms with Crippen LogP contribution in [0.3, 0.4) is 0 Å². The number of nitrogens with one attached hydrogen (secondary N) is 2. The molecule has 1 saturated heterocycles. The SMILES string of the molecule is CS(=O)(=O)C1(C(=O)NCCc2cccc(-c3ccccc3)c2)CCNCC1. The lowest BCUT2D eigenvalue weighted by molar-refractivity contribution is -0.124. The predicted octanol–water partition coefficient (Wildman–Crippen LogP) is 2.18. The van der Waals surface area contributed by atoms with Gasteiger partial charge in [-0.25, -0.2) is 8.42 Å². The first kappa shape index (κ1) is 19.6. The largest absolute Gasteiger partial charge is 0.354 e. The number of hydrogen-bond donors (Lipinski definition) is 2. The quantitative estimate of drug-likeness (QED) is 0.798. The second kappa shape index (κ2) is 8.23. The average Bonchev–Trinajstić information content (AvgIpc) is 2.68. The Bertz CT molecular complexity index is 889. The van der Waals surface area contributed by atoms with Crippen molar-refractivity contribution in [2.45, 2.75) is 24.0 Å². The molecule has 144 valence electrons. The summed E-state index contributed by atoms with van der Waals surface area (Å²) in [6, 6.07) is 18.3. The lowest BCUT2D eigenvalue weighted by Crippen LogP contribution is -2.57. The summed E-state index contributed by atoms with van der Waals surface area (Å²) < 4.78 is 23.3. The second-order valence-corrected chi connectivity index (χ2v) is 9.41. The maximum Gasteiger partial charge on any atom is 0.241 e. The van der Waals surface area contributed by atoms with Crippen molar-refractivity contribution in [3.05, 3.63) is 60.2 Å². The van der Waals surface area contributed by atoms with E-state index in [4.69, 9.17) is 0 Å². The monoisotopic (exact) mass is 386 g/mol. The standard InChI is InChI=1S/C21H26N2O3S/c1-27(25,26)21(11-14-22-15-12-21)20(24)23-13-10-17-6-5-9-19(16-17)18-7-3-2-4-8-18/h2-9,16,22H,10-15H2,1H3,(H,23,24). The molecule has 1 aliphatic rings. The summed E-state index contributed by atoms with van der Waals surface area (Å²) in [7, 11) is -3.48. The lowest BCUT2D eigenvalue weighted by Gasteiger charge is -2.34. The van der Waals surface area contributed by atoms with Gasteiger partial charge in [0.15, 0.2) is 14.6 Å². The van der Waals surface area contributed by atoms with Crippen molar-refractivity contribution in [2.24, 2.45) is 0 Å². The molecule has 0 aromatic heterocycles. The number of carbonyl (C=O) groups is 1. The van der Waals surface area contributed by atoms with Gasteiger partial charge in [0.05, 0.1) is 0 Å². The molecular weight excluding hydrogens is 360 g/mol. The Balaban J connectivity index is 1.65. The van der Waals surface area contributed by atoms with Gasteiger partial charge in [-0.05, 0) is 49.0 Å². The molecule has 0 unspecified atom stereocenters. The fourth-order valence-electron chi connectivity index (χ4n) is 3.62. The minimum absolute atomic E-state index is 0.321. The van der Waals surface area contributed by atoms with E-state index in [-0.39, 0.29) is 5.91 Å². The highest BCUT2D eigenvalue weighted by Gasteiger charge is 2.48. The zero-order valence-electron chi connectivity index (χ0n) is 15.6. The van der Waals surface area contributed by atoms with Gasteiger partial charge in [0.2, 0.25) is 5.91 Å². The van der Waals surface area contributed by atoms with Gasteiger partial charge >= 0.3 is 0 Å². The van der Waals surface area contributed by atoms with Crippen molar-refractivity contribution >= 4 is 15.7 Å². The van der Waals surface area contributed by atoms with Crippen LogP contribution in [-0.4, -0.2) is 45.0 Å². The fourth-order valence-corrected chi connectivity index (χ4v) is 4.97. The highest BCUT2D eigenvalue weighted by molar-refractivity contribution is 7.92. The minimum Gasteiger partial charge on any atom is -0.354 e. The van der Waals surface area contributed by atoms with Gasteiger partial charge in [0, 0.05) is 12.8 Å². The van der Waals surface area contributed by atoms with Crippen LogP contribution in [0.1, 0.15) is 18.4 Å². The molecule has 0 radical (unpaired) electrons. The molecule has 2 N–H and O–H groups in total. The first-order valence-electron chi connectivity index (χ1n) is 9.25. The Labute approximate surface area is 161 Å². The third-order valence-corrected chi connectivity index (χ3v) is 7.28. The summed E-state index contributed by atoms with van der Waals surface area (Å²) in [5, 5.41) is 5.99. The number of rotatable bonds is 6. The molecule has 3 rings (SSSR count). The molecule has 6 heteroatoms. The number of piperidine rings is 1. The van der Waals surface area contributed by atoms with Crippen LogP contribution in [0.5, 0.6) is 0 Å². The van der Waals surface area contributed by atoms with Crippen LogP contribution in [0.4, 0.5) is 0 Å². The molecule has 1 aliphatic heterocycles. The summed E-state index contributed by atoms with van der Waals surface area (Å²) in [4.78, 5) is 12.7. The Morgan fingerprint density at radius 2 is 1.70 bits per heavy atom. The molecule has 2 aromatic carbocycles. The van der Waals surface area contributed by atoms with Gasteiger partial charge in [-0.15, -0.1) is 0 Å². The maximum atomic E-state index is 12.7. The van der Waals surface area contributed by atoms with Gasteiger partial charge in [0.1, 0.15) is 0 Å². The average molecular weight is 387 g/mol. The molecule has 2 aromatic rings. The fraction of sp³-hybridized carbons (Fsp3) is 0.381. The van der Waals surface area contributed by atoms with Crippen molar-refractivity contribution in [3.8, 4) is 11.1 Å². The molecule has 1 amide bonds. The third kappa shape index (κ3) is 4.39. The van der Waals surface area contributed by atoms with E-state index in [2.05, 4.69) is 34.9 Å².